The molecule has 1 aliphatic rings. The van der Waals surface area contributed by atoms with E-state index in [1.54, 1.807) is 21.8 Å². The molecule has 8 nitrogen and oxygen atoms in total. The van der Waals surface area contributed by atoms with E-state index >= 15 is 0 Å². The number of halogens is 1. The lowest BCUT2D eigenvalue weighted by molar-refractivity contribution is -0.125. The Bertz CT molecular complexity index is 959. The number of nitrogens with one attached hydrogen (secondary N) is 1. The third-order valence-corrected chi connectivity index (χ3v) is 4.63. The second kappa shape index (κ2) is 6.89. The van der Waals surface area contributed by atoms with Crippen molar-refractivity contribution < 1.29 is 9.53 Å². The number of morpholine rings is 1. The smallest absolute Gasteiger partial charge is 0.253 e. The van der Waals surface area contributed by atoms with Gasteiger partial charge in [-0.2, -0.15) is 9.61 Å². The second-order valence-corrected chi connectivity index (χ2v) is 6.28. The molecular formula is C17H17ClN6O2. The van der Waals surface area contributed by atoms with E-state index in [9.17, 15) is 4.79 Å². The van der Waals surface area contributed by atoms with Crippen LogP contribution < -0.4 is 10.2 Å². The van der Waals surface area contributed by atoms with E-state index in [-0.39, 0.29) is 12.5 Å². The first-order valence-electron chi connectivity index (χ1n) is 8.21. The quantitative estimate of drug-likeness (QED) is 0.754. The van der Waals surface area contributed by atoms with Crippen molar-refractivity contribution >= 4 is 34.7 Å². The maximum atomic E-state index is 12.2. The number of fused-ring (bicyclic) bond motifs is 1. The first-order chi connectivity index (χ1) is 12.6. The highest BCUT2D eigenvalue weighted by Crippen LogP contribution is 2.30. The van der Waals surface area contributed by atoms with Crippen LogP contribution in [0.5, 0.6) is 0 Å². The van der Waals surface area contributed by atoms with Crippen LogP contribution in [0, 0.1) is 6.92 Å². The second-order valence-electron chi connectivity index (χ2n) is 5.90. The Morgan fingerprint density at radius 2 is 2.27 bits per heavy atom. The zero-order valence-corrected chi connectivity index (χ0v) is 14.9. The van der Waals surface area contributed by atoms with E-state index in [0.29, 0.717) is 47.6 Å². The summed E-state index contributed by atoms with van der Waals surface area (Å²) in [6.07, 6.45) is 3.37. The largest absolute Gasteiger partial charge is 0.370 e. The highest BCUT2D eigenvalue weighted by atomic mass is 35.5. The number of amides is 1. The van der Waals surface area contributed by atoms with Gasteiger partial charge in [-0.1, -0.05) is 17.7 Å². The van der Waals surface area contributed by atoms with Crippen LogP contribution in [-0.2, 0) is 16.1 Å². The molecule has 1 N–H and O–H groups in total. The molecule has 0 radical (unpaired) electrons. The fourth-order valence-corrected chi connectivity index (χ4v) is 3.06. The molecule has 134 valence electrons. The number of nitrogens with zero attached hydrogens (tertiary/aromatic N) is 5. The van der Waals surface area contributed by atoms with Crippen molar-refractivity contribution in [2.24, 2.45) is 0 Å². The highest BCUT2D eigenvalue weighted by molar-refractivity contribution is 6.33. The number of carbonyl (C=O) groups is 1. The van der Waals surface area contributed by atoms with Crippen LogP contribution in [0.3, 0.4) is 0 Å². The number of rotatable bonds is 4. The highest BCUT2D eigenvalue weighted by Gasteiger charge is 2.25. The summed E-state index contributed by atoms with van der Waals surface area (Å²) in [6.45, 7) is 3.34. The predicted octanol–water partition coefficient (Wildman–Crippen LogP) is 2.06. The van der Waals surface area contributed by atoms with E-state index in [0.717, 1.165) is 5.69 Å². The third kappa shape index (κ3) is 2.97. The van der Waals surface area contributed by atoms with Crippen LogP contribution in [0.2, 0.25) is 5.02 Å². The van der Waals surface area contributed by atoms with Crippen LogP contribution in [0.1, 0.15) is 11.4 Å². The Kier molecular flexibility index (Phi) is 4.44. The lowest BCUT2D eigenvalue weighted by Gasteiger charge is -2.25. The minimum Gasteiger partial charge on any atom is -0.370 e. The van der Waals surface area contributed by atoms with Gasteiger partial charge in [-0.05, 0) is 19.1 Å². The van der Waals surface area contributed by atoms with Crippen molar-refractivity contribution in [1.82, 2.24) is 19.6 Å². The van der Waals surface area contributed by atoms with E-state index in [2.05, 4.69) is 20.4 Å². The van der Waals surface area contributed by atoms with Crippen LogP contribution >= 0.6 is 11.6 Å². The molecule has 0 unspecified atom stereocenters. The molecule has 0 spiro atoms. The molecule has 0 bridgehead atoms. The van der Waals surface area contributed by atoms with E-state index < -0.39 is 0 Å². The van der Waals surface area contributed by atoms with Gasteiger partial charge >= 0.3 is 0 Å². The van der Waals surface area contributed by atoms with Gasteiger partial charge in [0.2, 0.25) is 0 Å². The summed E-state index contributed by atoms with van der Waals surface area (Å²) in [5.41, 5.74) is 2.76. The van der Waals surface area contributed by atoms with Gasteiger partial charge in [-0.25, -0.2) is 4.98 Å². The molecule has 1 fully saturated rings. The number of hydrogen-bond donors (Lipinski definition) is 1. The number of carbonyl (C=O) groups excluding carboxylic acids is 1. The Morgan fingerprint density at radius 3 is 3.04 bits per heavy atom. The Balaban J connectivity index is 1.73. The maximum Gasteiger partial charge on any atom is 0.253 e. The van der Waals surface area contributed by atoms with Gasteiger partial charge in [-0.3, -0.25) is 9.78 Å². The summed E-state index contributed by atoms with van der Waals surface area (Å²) in [5, 5.41) is 8.16. The van der Waals surface area contributed by atoms with Crippen molar-refractivity contribution in [3.8, 4) is 0 Å². The van der Waals surface area contributed by atoms with Crippen molar-refractivity contribution in [3.63, 3.8) is 0 Å². The molecule has 1 aliphatic heterocycles. The number of aromatic nitrogens is 4. The molecular weight excluding hydrogens is 356 g/mol. The standard InChI is InChI=1S/C17H17ClN6O2/c1-11-15(18)17(20-8-12-4-2-3-5-19-12)24-16(22-11)13(9-21-24)23-6-7-26-10-14(23)25/h2-5,9,20H,6-8,10H2,1H3. The normalized spacial score (nSPS) is 14.8. The van der Waals surface area contributed by atoms with Crippen molar-refractivity contribution in [1.29, 1.82) is 0 Å². The summed E-state index contributed by atoms with van der Waals surface area (Å²) < 4.78 is 6.82. The number of hydrogen-bond acceptors (Lipinski definition) is 6. The number of aryl methyl sites for hydroxylation is 1. The van der Waals surface area contributed by atoms with Gasteiger partial charge in [0.05, 0.1) is 30.7 Å². The maximum absolute atomic E-state index is 12.2. The minimum absolute atomic E-state index is 0.0642. The van der Waals surface area contributed by atoms with Crippen LogP contribution in [-0.4, -0.2) is 45.2 Å². The van der Waals surface area contributed by atoms with Crippen molar-refractivity contribution in [2.45, 2.75) is 13.5 Å². The van der Waals surface area contributed by atoms with E-state index in [4.69, 9.17) is 16.3 Å². The molecule has 1 amide bonds. The number of anilines is 2. The average molecular weight is 373 g/mol. The molecule has 0 aromatic carbocycles. The zero-order valence-electron chi connectivity index (χ0n) is 14.1. The molecule has 4 rings (SSSR count). The van der Waals surface area contributed by atoms with Crippen LogP contribution in [0.25, 0.3) is 5.65 Å². The topological polar surface area (TPSA) is 84.7 Å². The van der Waals surface area contributed by atoms with Gasteiger partial charge in [-0.15, -0.1) is 0 Å². The molecule has 4 heterocycles. The molecule has 0 aliphatic carbocycles. The summed E-state index contributed by atoms with van der Waals surface area (Å²) in [7, 11) is 0. The molecule has 0 saturated carbocycles. The summed E-state index contributed by atoms with van der Waals surface area (Å²) in [4.78, 5) is 22.7. The first kappa shape index (κ1) is 16.7. The van der Waals surface area contributed by atoms with Crippen molar-refractivity contribution in [3.05, 3.63) is 47.0 Å². The van der Waals surface area contributed by atoms with Crippen LogP contribution in [0.15, 0.2) is 30.6 Å². The molecule has 3 aromatic rings. The Labute approximate surface area is 154 Å². The van der Waals surface area contributed by atoms with Crippen molar-refractivity contribution in [2.75, 3.05) is 30.0 Å². The average Bonchev–Trinajstić information content (AvgIpc) is 3.06. The minimum atomic E-state index is -0.108. The monoisotopic (exact) mass is 372 g/mol. The summed E-state index contributed by atoms with van der Waals surface area (Å²) in [6, 6.07) is 5.71. The fraction of sp³-hybridized carbons (Fsp3) is 0.294. The van der Waals surface area contributed by atoms with Gasteiger partial charge in [0.15, 0.2) is 11.5 Å². The molecule has 3 aromatic heterocycles. The van der Waals surface area contributed by atoms with Gasteiger partial charge in [0, 0.05) is 12.7 Å². The molecule has 1 saturated heterocycles. The Hall–Kier alpha value is -2.71. The third-order valence-electron chi connectivity index (χ3n) is 4.18. The SMILES string of the molecule is Cc1nc2c(N3CCOCC3=O)cnn2c(NCc2ccccn2)c1Cl. The summed E-state index contributed by atoms with van der Waals surface area (Å²) >= 11 is 6.46. The lowest BCUT2D eigenvalue weighted by Crippen LogP contribution is -2.41. The molecule has 26 heavy (non-hydrogen) atoms. The van der Waals surface area contributed by atoms with Crippen LogP contribution in [0.4, 0.5) is 11.5 Å². The van der Waals surface area contributed by atoms with E-state index in [1.165, 1.54) is 0 Å². The molecule has 9 heteroatoms. The first-order valence-corrected chi connectivity index (χ1v) is 8.58. The Morgan fingerprint density at radius 1 is 1.38 bits per heavy atom. The fourth-order valence-electron chi connectivity index (χ4n) is 2.87. The lowest BCUT2D eigenvalue weighted by atomic mass is 10.3. The molecule has 0 atom stereocenters. The zero-order chi connectivity index (χ0) is 18.1. The van der Waals surface area contributed by atoms with E-state index in [1.807, 2.05) is 25.1 Å². The number of ether oxygens (including phenoxy) is 1. The van der Waals surface area contributed by atoms with Gasteiger partial charge < -0.3 is 15.0 Å². The summed E-state index contributed by atoms with van der Waals surface area (Å²) in [5.74, 6) is 0.510. The van der Waals surface area contributed by atoms with Gasteiger partial charge in [0.25, 0.3) is 5.91 Å². The number of pyridine rings is 1. The van der Waals surface area contributed by atoms with Gasteiger partial charge in [0.1, 0.15) is 17.3 Å². The predicted molar refractivity (Wildman–Crippen MR) is 97.5 cm³/mol.